The van der Waals surface area contributed by atoms with E-state index in [0.717, 1.165) is 85.1 Å². The topological polar surface area (TPSA) is 43.0 Å². The quantitative estimate of drug-likeness (QED) is 0.136. The third kappa shape index (κ3) is 12.9. The molecule has 123 heavy (non-hydrogen) atoms. The van der Waals surface area contributed by atoms with Gasteiger partial charge in [0.2, 0.25) is 0 Å². The Balaban J connectivity index is 0.000000107. The Hall–Kier alpha value is -16.1. The van der Waals surface area contributed by atoms with Crippen molar-refractivity contribution in [1.82, 2.24) is 13.7 Å². The zero-order chi connectivity index (χ0) is 81.3. The number of ether oxygens (including phenoxy) is 2. The van der Waals surface area contributed by atoms with Gasteiger partial charge in [0, 0.05) is 76.2 Å². The average molecular weight is 1590 g/mol. The molecule has 0 N–H and O–H groups in total. The molecule has 0 unspecified atom stereocenters. The molecular weight excluding hydrogens is 1520 g/mol. The Morgan fingerprint density at radius 1 is 0.154 bits per heavy atom. The fourth-order valence-corrected chi connectivity index (χ4v) is 19.4. The largest absolute Gasteiger partial charge is 0.453 e. The summed E-state index contributed by atoms with van der Waals surface area (Å²) in [7, 11) is 0. The van der Waals surface area contributed by atoms with Gasteiger partial charge in [-0.1, -0.05) is 273 Å². The minimum absolute atomic E-state index is 0.844. The van der Waals surface area contributed by atoms with Gasteiger partial charge >= 0.3 is 0 Å². The Morgan fingerprint density at radius 2 is 0.423 bits per heavy atom. The molecule has 19 aromatic carbocycles. The second-order valence-electron chi connectivity index (χ2n) is 31.1. The number of aromatic nitrogens is 3. The molecule has 0 spiro atoms. The van der Waals surface area contributed by atoms with E-state index in [1.807, 2.05) is 48.2 Å². The van der Waals surface area contributed by atoms with Gasteiger partial charge in [0.1, 0.15) is 0 Å². The van der Waals surface area contributed by atoms with Crippen LogP contribution in [0.4, 0.5) is 51.2 Å². The molecule has 0 radical (unpaired) electrons. The number of hydrogen-bond acceptors (Lipinski definition) is 6. The van der Waals surface area contributed by atoms with Gasteiger partial charge in [0.15, 0.2) is 23.0 Å². The molecule has 580 valence electrons. The summed E-state index contributed by atoms with van der Waals surface area (Å²) in [5.41, 5.74) is 30.2. The van der Waals surface area contributed by atoms with Crippen molar-refractivity contribution in [3.8, 4) is 84.6 Å². The molecule has 0 atom stereocenters. The first-order chi connectivity index (χ1) is 61.0. The van der Waals surface area contributed by atoms with E-state index < -0.39 is 0 Å². The van der Waals surface area contributed by atoms with Gasteiger partial charge in [0.25, 0.3) is 0 Å². The van der Waals surface area contributed by atoms with E-state index in [1.54, 1.807) is 0 Å². The number of rotatable bonds is 10. The fraction of sp³-hybridized carbons (Fsp3) is 0. The lowest BCUT2D eigenvalue weighted by molar-refractivity contribution is 0.477. The Morgan fingerprint density at radius 3 is 0.846 bits per heavy atom. The molecule has 0 bridgehead atoms. The Bertz CT molecular complexity index is 7490. The summed E-state index contributed by atoms with van der Waals surface area (Å²) in [5.74, 6) is 3.40. The fourth-order valence-electron chi connectivity index (χ4n) is 18.3. The van der Waals surface area contributed by atoms with E-state index in [2.05, 4.69) is 453 Å². The lowest BCUT2D eigenvalue weighted by Crippen LogP contribution is -2.15. The standard InChI is InChI=1S/C42H28N2O.C36H24N2O.C36H24N2S/c1-3-11-29(12-4-1)30-19-23-34(24-20-30)43-37-16-8-7-15-35(37)36-27-31(21-25-38(36)43)32-22-26-40-42(28-32)45-41-18-10-9-17-39(41)44(40)33-13-5-2-6-14-33;2*1-3-11-27(12-4-1)37-31-16-8-7-15-29(31)30-23-25(19-21-32(30)37)26-20-22-34-36(24-26)39-35-18-10-9-17-33(35)38(34)28-13-5-2-6-14-28/h1-28H;2*1-24H. The van der Waals surface area contributed by atoms with E-state index in [0.29, 0.717) is 0 Å². The van der Waals surface area contributed by atoms with E-state index in [9.17, 15) is 0 Å². The first-order valence-corrected chi connectivity index (χ1v) is 42.5. The van der Waals surface area contributed by atoms with Gasteiger partial charge in [-0.25, -0.2) is 0 Å². The number of para-hydroxylation sites is 13. The van der Waals surface area contributed by atoms with Crippen LogP contribution in [0.15, 0.2) is 471 Å². The maximum Gasteiger partial charge on any atom is 0.152 e. The van der Waals surface area contributed by atoms with Crippen LogP contribution >= 0.6 is 11.8 Å². The van der Waals surface area contributed by atoms with Crippen molar-refractivity contribution >= 4 is 128 Å². The molecule has 3 aliphatic rings. The highest BCUT2D eigenvalue weighted by Crippen LogP contribution is 2.56. The van der Waals surface area contributed by atoms with Crippen molar-refractivity contribution in [2.75, 3.05) is 14.7 Å². The smallest absolute Gasteiger partial charge is 0.152 e. The molecule has 0 fully saturated rings. The molecule has 3 aliphatic heterocycles. The van der Waals surface area contributed by atoms with Crippen LogP contribution in [0, 0.1) is 0 Å². The molecule has 0 amide bonds. The van der Waals surface area contributed by atoms with E-state index in [-0.39, 0.29) is 0 Å². The molecule has 6 heterocycles. The first kappa shape index (κ1) is 72.2. The second kappa shape index (κ2) is 30.7. The van der Waals surface area contributed by atoms with E-state index >= 15 is 0 Å². The van der Waals surface area contributed by atoms with Crippen molar-refractivity contribution in [3.63, 3.8) is 0 Å². The molecule has 0 saturated heterocycles. The lowest BCUT2D eigenvalue weighted by atomic mass is 10.0. The molecular formula is C114H76N6O2S. The summed E-state index contributed by atoms with van der Waals surface area (Å²) in [6, 6.07) is 164. The molecule has 8 nitrogen and oxygen atoms in total. The normalized spacial score (nSPS) is 12.3. The third-order valence-corrected chi connectivity index (χ3v) is 25.0. The molecule has 22 aromatic rings. The summed E-state index contributed by atoms with van der Waals surface area (Å²) >= 11 is 1.85. The molecule has 0 saturated carbocycles. The molecule has 0 aliphatic carbocycles. The first-order valence-electron chi connectivity index (χ1n) is 41.7. The van der Waals surface area contributed by atoms with Crippen LogP contribution in [0.25, 0.3) is 127 Å². The summed E-state index contributed by atoms with van der Waals surface area (Å²) in [4.78, 5) is 9.46. The number of fused-ring (bicyclic) bond motifs is 15. The van der Waals surface area contributed by atoms with Gasteiger partial charge in [0.05, 0.1) is 67.2 Å². The van der Waals surface area contributed by atoms with Crippen LogP contribution in [-0.4, -0.2) is 13.7 Å². The Kier molecular flexibility index (Phi) is 18.0. The van der Waals surface area contributed by atoms with Gasteiger partial charge < -0.3 is 37.9 Å². The molecule has 25 rings (SSSR count). The van der Waals surface area contributed by atoms with Gasteiger partial charge in [-0.3, -0.25) is 0 Å². The van der Waals surface area contributed by atoms with Gasteiger partial charge in [-0.15, -0.1) is 0 Å². The van der Waals surface area contributed by atoms with Crippen LogP contribution < -0.4 is 24.2 Å². The van der Waals surface area contributed by atoms with Crippen molar-refractivity contribution in [1.29, 1.82) is 0 Å². The van der Waals surface area contributed by atoms with Crippen LogP contribution in [0.1, 0.15) is 0 Å². The van der Waals surface area contributed by atoms with Gasteiger partial charge in [-0.2, -0.15) is 0 Å². The summed E-state index contributed by atoms with van der Waals surface area (Å²) in [6.45, 7) is 0. The third-order valence-electron chi connectivity index (χ3n) is 23.9. The molecule has 9 heteroatoms. The lowest BCUT2D eigenvalue weighted by Gasteiger charge is -2.33. The minimum atomic E-state index is 0.844. The SMILES string of the molecule is c1ccc(-c2ccc(-n3c4ccccc4c4cc(-c5ccc6c(c5)Oc5ccccc5N6c5ccccc5)ccc43)cc2)cc1.c1ccc(N2c3ccccc3Oc3cc(-c4ccc5c(c4)c4ccccc4n5-c4ccccc4)ccc32)cc1.c1ccc(N2c3ccccc3Sc3cc(-c4ccc5c(c4)c4ccccc4n5-c4ccccc4)ccc32)cc1. The second-order valence-corrected chi connectivity index (χ2v) is 32.2. The summed E-state index contributed by atoms with van der Waals surface area (Å²) in [5, 5.41) is 7.49. The van der Waals surface area contributed by atoms with E-state index in [4.69, 9.17) is 9.47 Å². The number of benzene rings is 19. The van der Waals surface area contributed by atoms with Crippen molar-refractivity contribution in [2.45, 2.75) is 9.79 Å². The number of anilines is 9. The van der Waals surface area contributed by atoms with Crippen LogP contribution in [0.3, 0.4) is 0 Å². The maximum absolute atomic E-state index is 6.51. The predicted octanol–water partition coefficient (Wildman–Crippen LogP) is 32.1. The summed E-state index contributed by atoms with van der Waals surface area (Å²) < 4.78 is 20.1. The summed E-state index contributed by atoms with van der Waals surface area (Å²) in [6.07, 6.45) is 0. The van der Waals surface area contributed by atoms with Crippen LogP contribution in [0.5, 0.6) is 23.0 Å². The highest BCUT2D eigenvalue weighted by atomic mass is 32.2. The zero-order valence-corrected chi connectivity index (χ0v) is 67.6. The zero-order valence-electron chi connectivity index (χ0n) is 66.8. The van der Waals surface area contributed by atoms with Gasteiger partial charge in [-0.05, 0) is 245 Å². The predicted molar refractivity (Wildman–Crippen MR) is 512 cm³/mol. The minimum Gasteiger partial charge on any atom is -0.453 e. The average Bonchev–Trinajstić information content (AvgIpc) is 1.67. The van der Waals surface area contributed by atoms with Crippen molar-refractivity contribution in [2.24, 2.45) is 0 Å². The van der Waals surface area contributed by atoms with Crippen LogP contribution in [0.2, 0.25) is 0 Å². The number of nitrogens with zero attached hydrogens (tertiary/aromatic N) is 6. The monoisotopic (exact) mass is 1590 g/mol. The number of hydrogen-bond donors (Lipinski definition) is 0. The van der Waals surface area contributed by atoms with Crippen molar-refractivity contribution < 1.29 is 9.47 Å². The van der Waals surface area contributed by atoms with E-state index in [1.165, 1.54) is 126 Å². The highest BCUT2D eigenvalue weighted by Gasteiger charge is 2.30. The Labute approximate surface area is 716 Å². The molecule has 3 aromatic heterocycles. The van der Waals surface area contributed by atoms with Crippen molar-refractivity contribution in [3.05, 3.63) is 461 Å². The highest BCUT2D eigenvalue weighted by molar-refractivity contribution is 7.99. The van der Waals surface area contributed by atoms with Crippen LogP contribution in [-0.2, 0) is 0 Å². The maximum atomic E-state index is 6.51.